The van der Waals surface area contributed by atoms with Crippen molar-refractivity contribution >= 4 is 29.7 Å². The normalized spacial score (nSPS) is 23.3. The molecule has 1 aromatic carbocycles. The van der Waals surface area contributed by atoms with Crippen LogP contribution in [0.2, 0.25) is 0 Å². The average Bonchev–Trinajstić information content (AvgIpc) is 3.51. The maximum atomic E-state index is 14.3. The molecule has 4 rings (SSSR count). The van der Waals surface area contributed by atoms with Gasteiger partial charge in [-0.1, -0.05) is 32.1 Å². The van der Waals surface area contributed by atoms with Crippen molar-refractivity contribution in [2.75, 3.05) is 13.2 Å². The summed E-state index contributed by atoms with van der Waals surface area (Å²) >= 11 is 0. The molecule has 9 heteroatoms. The highest BCUT2D eigenvalue weighted by atomic mass is 19.1. The predicted octanol–water partition coefficient (Wildman–Crippen LogP) is 2.24. The van der Waals surface area contributed by atoms with Gasteiger partial charge in [-0.2, -0.15) is 0 Å². The summed E-state index contributed by atoms with van der Waals surface area (Å²) in [5, 5.41) is 2.79. The number of ether oxygens (including phenoxy) is 1. The number of amides is 2. The van der Waals surface area contributed by atoms with E-state index in [-0.39, 0.29) is 24.9 Å². The van der Waals surface area contributed by atoms with Gasteiger partial charge in [-0.05, 0) is 36.1 Å². The molecular weight excluding hydrogens is 427 g/mol. The van der Waals surface area contributed by atoms with Crippen molar-refractivity contribution in [3.63, 3.8) is 0 Å². The summed E-state index contributed by atoms with van der Waals surface area (Å²) in [7, 11) is 0. The molecule has 8 nitrogen and oxygen atoms in total. The third kappa shape index (κ3) is 5.03. The molecule has 2 aromatic rings. The first-order valence-electron chi connectivity index (χ1n) is 11.0. The van der Waals surface area contributed by atoms with Gasteiger partial charge in [0.2, 0.25) is 5.91 Å². The molecule has 4 atom stereocenters. The van der Waals surface area contributed by atoms with Crippen LogP contribution in [0.25, 0.3) is 12.2 Å². The van der Waals surface area contributed by atoms with E-state index in [2.05, 4.69) is 15.3 Å². The summed E-state index contributed by atoms with van der Waals surface area (Å²) in [6.45, 7) is 3.47. The molecule has 174 valence electrons. The zero-order valence-corrected chi connectivity index (χ0v) is 18.5. The number of halogens is 1. The smallest absolute Gasteiger partial charge is 0.251 e. The van der Waals surface area contributed by atoms with Gasteiger partial charge in [0.05, 0.1) is 24.8 Å². The molecule has 0 unspecified atom stereocenters. The molecule has 0 saturated carbocycles. The summed E-state index contributed by atoms with van der Waals surface area (Å²) in [4.78, 5) is 46.5. The first kappa shape index (κ1) is 22.8. The minimum Gasteiger partial charge on any atom is -0.365 e. The maximum absolute atomic E-state index is 14.3. The third-order valence-corrected chi connectivity index (χ3v) is 5.86. The molecule has 3 heterocycles. The molecular formula is C24H27FN4O4. The Morgan fingerprint density at radius 3 is 2.73 bits per heavy atom. The van der Waals surface area contributed by atoms with E-state index in [1.807, 2.05) is 26.0 Å². The second kappa shape index (κ2) is 9.66. The standard InChI is InChI=1S/C24H27FN4O4/c1-14(2)9-19(24(32)29-11-18(25)22-21(29)20(30)12-33-22)28-23(31)16-6-3-15(4-7-16)5-8-17-10-26-13-27-17/h3-8,10,13-14,18-19,21-22H,9,11-12H2,1-2H3,(H,26,27)(H,28,31)/b8-5+/t18-,19-,21+,22+/m0/s1. The lowest BCUT2D eigenvalue weighted by molar-refractivity contribution is -0.138. The van der Waals surface area contributed by atoms with E-state index in [1.165, 1.54) is 4.90 Å². The summed E-state index contributed by atoms with van der Waals surface area (Å²) < 4.78 is 19.6. The largest absolute Gasteiger partial charge is 0.365 e. The van der Waals surface area contributed by atoms with E-state index in [0.29, 0.717) is 12.0 Å². The van der Waals surface area contributed by atoms with Crippen LogP contribution in [0.1, 0.15) is 41.9 Å². The number of Topliss-reactive ketones (excluding diaryl/α,β-unsaturated/α-hetero) is 1. The molecule has 2 fully saturated rings. The number of nitrogens with one attached hydrogen (secondary N) is 2. The Morgan fingerprint density at radius 1 is 1.30 bits per heavy atom. The number of nitrogens with zero attached hydrogens (tertiary/aromatic N) is 2. The van der Waals surface area contributed by atoms with Gasteiger partial charge < -0.3 is 19.9 Å². The summed E-state index contributed by atoms with van der Waals surface area (Å²) in [6, 6.07) is 5.17. The van der Waals surface area contributed by atoms with Crippen molar-refractivity contribution in [2.45, 2.75) is 44.6 Å². The van der Waals surface area contributed by atoms with E-state index in [1.54, 1.807) is 36.8 Å². The first-order valence-corrected chi connectivity index (χ1v) is 11.0. The van der Waals surface area contributed by atoms with Gasteiger partial charge in [0.1, 0.15) is 31.0 Å². The Labute approximate surface area is 191 Å². The van der Waals surface area contributed by atoms with Crippen molar-refractivity contribution in [1.29, 1.82) is 0 Å². The number of carbonyl (C=O) groups is 3. The molecule has 1 aromatic heterocycles. The molecule has 33 heavy (non-hydrogen) atoms. The molecule has 2 aliphatic heterocycles. The van der Waals surface area contributed by atoms with Crippen LogP contribution in [0.5, 0.6) is 0 Å². The zero-order chi connectivity index (χ0) is 23.5. The van der Waals surface area contributed by atoms with E-state index in [9.17, 15) is 18.8 Å². The van der Waals surface area contributed by atoms with Gasteiger partial charge >= 0.3 is 0 Å². The van der Waals surface area contributed by atoms with Crippen molar-refractivity contribution in [3.05, 3.63) is 53.6 Å². The minimum absolute atomic E-state index is 0.101. The molecule has 0 bridgehead atoms. The Hall–Kier alpha value is -3.33. The van der Waals surface area contributed by atoms with Crippen LogP contribution in [0.4, 0.5) is 4.39 Å². The molecule has 2 amide bonds. The maximum Gasteiger partial charge on any atom is 0.251 e. The molecule has 0 spiro atoms. The van der Waals surface area contributed by atoms with Crippen molar-refractivity contribution in [3.8, 4) is 0 Å². The molecule has 2 saturated heterocycles. The number of alkyl halides is 1. The lowest BCUT2D eigenvalue weighted by Crippen LogP contribution is -2.52. The summed E-state index contributed by atoms with van der Waals surface area (Å²) in [5.41, 5.74) is 2.16. The van der Waals surface area contributed by atoms with E-state index < -0.39 is 36.2 Å². The number of benzene rings is 1. The van der Waals surface area contributed by atoms with Gasteiger partial charge in [-0.25, -0.2) is 9.37 Å². The first-order chi connectivity index (χ1) is 15.8. The fraction of sp³-hybridized carbons (Fsp3) is 0.417. The van der Waals surface area contributed by atoms with E-state index in [0.717, 1.165) is 11.3 Å². The van der Waals surface area contributed by atoms with E-state index >= 15 is 0 Å². The number of likely N-dealkylation sites (tertiary alicyclic amines) is 1. The van der Waals surface area contributed by atoms with Gasteiger partial charge in [-0.3, -0.25) is 14.4 Å². The predicted molar refractivity (Wildman–Crippen MR) is 120 cm³/mol. The van der Waals surface area contributed by atoms with Crippen LogP contribution in [-0.4, -0.2) is 70.0 Å². The molecule has 0 aliphatic carbocycles. The lowest BCUT2D eigenvalue weighted by Gasteiger charge is -2.28. The summed E-state index contributed by atoms with van der Waals surface area (Å²) in [5.74, 6) is -1.06. The highest BCUT2D eigenvalue weighted by Gasteiger charge is 2.53. The van der Waals surface area contributed by atoms with Crippen LogP contribution in [-0.2, 0) is 14.3 Å². The quantitative estimate of drug-likeness (QED) is 0.668. The molecule has 2 aliphatic rings. The number of hydrogen-bond acceptors (Lipinski definition) is 5. The fourth-order valence-corrected chi connectivity index (χ4v) is 4.25. The van der Waals surface area contributed by atoms with Crippen LogP contribution in [0.3, 0.4) is 0 Å². The summed E-state index contributed by atoms with van der Waals surface area (Å²) in [6.07, 6.45) is 5.08. The highest BCUT2D eigenvalue weighted by molar-refractivity contribution is 5.99. The number of rotatable bonds is 7. The van der Waals surface area contributed by atoms with E-state index in [4.69, 9.17) is 4.74 Å². The number of fused-ring (bicyclic) bond motifs is 1. The van der Waals surface area contributed by atoms with Crippen LogP contribution < -0.4 is 5.32 Å². The number of carbonyl (C=O) groups excluding carboxylic acids is 3. The van der Waals surface area contributed by atoms with Gasteiger partial charge in [-0.15, -0.1) is 0 Å². The number of imidazole rings is 1. The second-order valence-electron chi connectivity index (χ2n) is 8.81. The second-order valence-corrected chi connectivity index (χ2v) is 8.81. The monoisotopic (exact) mass is 454 g/mol. The van der Waals surface area contributed by atoms with Crippen molar-refractivity contribution in [2.24, 2.45) is 5.92 Å². The highest BCUT2D eigenvalue weighted by Crippen LogP contribution is 2.30. The van der Waals surface area contributed by atoms with Gasteiger partial charge in [0, 0.05) is 5.56 Å². The lowest BCUT2D eigenvalue weighted by atomic mass is 10.0. The van der Waals surface area contributed by atoms with Crippen molar-refractivity contribution < 1.29 is 23.5 Å². The Morgan fingerprint density at radius 2 is 2.06 bits per heavy atom. The average molecular weight is 455 g/mol. The zero-order valence-electron chi connectivity index (χ0n) is 18.5. The SMILES string of the molecule is CC(C)C[C@H](NC(=O)c1ccc(/C=C/c2cnc[nH]2)cc1)C(=O)N1C[C@H](F)[C@H]2OCC(=O)[C@H]21. The van der Waals surface area contributed by atoms with Gasteiger partial charge in [0.15, 0.2) is 5.78 Å². The molecule has 2 N–H and O–H groups in total. The topological polar surface area (TPSA) is 104 Å². The number of aromatic nitrogens is 2. The number of hydrogen-bond donors (Lipinski definition) is 2. The van der Waals surface area contributed by atoms with Crippen molar-refractivity contribution in [1.82, 2.24) is 20.2 Å². The third-order valence-electron chi connectivity index (χ3n) is 5.86. The fourth-order valence-electron chi connectivity index (χ4n) is 4.25. The van der Waals surface area contributed by atoms with Gasteiger partial charge in [0.25, 0.3) is 5.91 Å². The van der Waals surface area contributed by atoms with Crippen LogP contribution >= 0.6 is 0 Å². The Balaban J connectivity index is 1.45. The number of aromatic amines is 1. The molecule has 0 radical (unpaired) electrons. The minimum atomic E-state index is -1.41. The Kier molecular flexibility index (Phi) is 6.69. The van der Waals surface area contributed by atoms with Crippen LogP contribution in [0, 0.1) is 5.92 Å². The number of ketones is 1. The Bertz CT molecular complexity index is 1040. The number of H-pyrrole nitrogens is 1. The van der Waals surface area contributed by atoms with Crippen LogP contribution in [0.15, 0.2) is 36.8 Å².